The van der Waals surface area contributed by atoms with E-state index in [4.69, 9.17) is 9.15 Å². The van der Waals surface area contributed by atoms with Gasteiger partial charge >= 0.3 is 0 Å². The van der Waals surface area contributed by atoms with Crippen molar-refractivity contribution in [1.29, 1.82) is 0 Å². The Hall–Kier alpha value is -2.52. The van der Waals surface area contributed by atoms with Crippen molar-refractivity contribution in [3.63, 3.8) is 0 Å². The highest BCUT2D eigenvalue weighted by atomic mass is 127. The summed E-state index contributed by atoms with van der Waals surface area (Å²) in [6.07, 6.45) is 1.62. The molecule has 0 unspecified atom stereocenters. The van der Waals surface area contributed by atoms with Gasteiger partial charge in [0, 0.05) is 15.2 Å². The van der Waals surface area contributed by atoms with Crippen LogP contribution in [0.2, 0.25) is 0 Å². The number of aryl methyl sites for hydroxylation is 2. The van der Waals surface area contributed by atoms with Gasteiger partial charge in [-0.1, -0.05) is 24.3 Å². The Morgan fingerprint density at radius 1 is 1.06 bits per heavy atom. The highest BCUT2D eigenvalue weighted by Gasteiger charge is 2.35. The van der Waals surface area contributed by atoms with Gasteiger partial charge in [0.1, 0.15) is 23.9 Å². The molecule has 0 N–H and O–H groups in total. The van der Waals surface area contributed by atoms with Crippen LogP contribution in [0.5, 0.6) is 5.75 Å². The predicted octanol–water partition coefficient (Wildman–Crippen LogP) is 6.28. The molecular weight excluding hydrogens is 525 g/mol. The van der Waals surface area contributed by atoms with Crippen LogP contribution in [0.3, 0.4) is 0 Å². The zero-order valence-corrected chi connectivity index (χ0v) is 20.0. The first-order chi connectivity index (χ1) is 14.9. The Bertz CT molecular complexity index is 1170. The van der Waals surface area contributed by atoms with Gasteiger partial charge in [-0.25, -0.2) is 0 Å². The van der Waals surface area contributed by atoms with Gasteiger partial charge < -0.3 is 9.15 Å². The zero-order valence-electron chi connectivity index (χ0n) is 17.1. The average Bonchev–Trinajstić information content (AvgIpc) is 3.31. The Morgan fingerprint density at radius 2 is 1.84 bits per heavy atom. The Kier molecular flexibility index (Phi) is 6.52. The molecular formula is C24H20INO4S. The van der Waals surface area contributed by atoms with E-state index in [2.05, 4.69) is 22.6 Å². The van der Waals surface area contributed by atoms with E-state index in [0.717, 1.165) is 37.8 Å². The van der Waals surface area contributed by atoms with E-state index in [-0.39, 0.29) is 24.3 Å². The van der Waals surface area contributed by atoms with Crippen LogP contribution < -0.4 is 4.74 Å². The first kappa shape index (κ1) is 21.7. The molecule has 158 valence electrons. The van der Waals surface area contributed by atoms with Crippen molar-refractivity contribution in [2.45, 2.75) is 13.8 Å². The number of carbonyl (C=O) groups is 2. The number of thioether (sulfide) groups is 1. The van der Waals surface area contributed by atoms with E-state index in [9.17, 15) is 9.59 Å². The summed E-state index contributed by atoms with van der Waals surface area (Å²) in [5.74, 6) is 1.68. The molecule has 4 rings (SSSR count). The van der Waals surface area contributed by atoms with Crippen LogP contribution in [0.25, 0.3) is 17.4 Å². The highest BCUT2D eigenvalue weighted by Crippen LogP contribution is 2.33. The van der Waals surface area contributed by atoms with Gasteiger partial charge in [-0.15, -0.1) is 0 Å². The minimum Gasteiger partial charge on any atom is -0.491 e. The van der Waals surface area contributed by atoms with Crippen LogP contribution >= 0.6 is 34.4 Å². The molecule has 1 fully saturated rings. The van der Waals surface area contributed by atoms with E-state index in [0.29, 0.717) is 16.4 Å². The molecule has 0 saturated carbocycles. The third kappa shape index (κ3) is 5.04. The van der Waals surface area contributed by atoms with E-state index < -0.39 is 0 Å². The van der Waals surface area contributed by atoms with E-state index in [1.54, 1.807) is 12.1 Å². The van der Waals surface area contributed by atoms with Gasteiger partial charge in [0.05, 0.1) is 11.4 Å². The van der Waals surface area contributed by atoms with Crippen molar-refractivity contribution in [1.82, 2.24) is 4.90 Å². The predicted molar refractivity (Wildman–Crippen MR) is 131 cm³/mol. The second kappa shape index (κ2) is 9.32. The van der Waals surface area contributed by atoms with Gasteiger partial charge in [0.2, 0.25) is 0 Å². The number of hydrogen-bond donors (Lipinski definition) is 0. The second-order valence-corrected chi connectivity index (χ2v) is 9.40. The summed E-state index contributed by atoms with van der Waals surface area (Å²) in [4.78, 5) is 26.6. The van der Waals surface area contributed by atoms with Crippen LogP contribution in [-0.2, 0) is 4.79 Å². The van der Waals surface area contributed by atoms with E-state index in [1.165, 1.54) is 4.90 Å². The summed E-state index contributed by atoms with van der Waals surface area (Å²) in [5.41, 5.74) is 3.07. The Labute approximate surface area is 198 Å². The molecule has 7 heteroatoms. The molecule has 0 radical (unpaired) electrons. The third-order valence-corrected chi connectivity index (χ3v) is 6.45. The number of amides is 2. The number of furan rings is 1. The van der Waals surface area contributed by atoms with Crippen LogP contribution in [0.1, 0.15) is 16.9 Å². The lowest BCUT2D eigenvalue weighted by Gasteiger charge is -2.14. The van der Waals surface area contributed by atoms with Gasteiger partial charge in [-0.3, -0.25) is 14.5 Å². The summed E-state index contributed by atoms with van der Waals surface area (Å²) in [6.45, 7) is 4.40. The van der Waals surface area contributed by atoms with Crippen molar-refractivity contribution in [3.8, 4) is 17.1 Å². The maximum absolute atomic E-state index is 12.7. The zero-order chi connectivity index (χ0) is 22.0. The lowest BCUT2D eigenvalue weighted by atomic mass is 10.1. The molecule has 1 aliphatic heterocycles. The number of benzene rings is 2. The third-order valence-electron chi connectivity index (χ3n) is 4.82. The van der Waals surface area contributed by atoms with Crippen molar-refractivity contribution in [2.24, 2.45) is 0 Å². The first-order valence-corrected chi connectivity index (χ1v) is 11.6. The minimum atomic E-state index is -0.327. The van der Waals surface area contributed by atoms with Crippen molar-refractivity contribution in [2.75, 3.05) is 13.2 Å². The molecule has 1 saturated heterocycles. The standard InChI is InChI=1S/C24H20INO4S/c1-15-3-4-16(2)21(13-15)29-12-11-26-23(27)22(31-24(26)28)14-19-9-10-20(30-19)17-5-7-18(25)8-6-17/h3-10,13-14H,11-12H2,1-2H3/b22-14-. The maximum atomic E-state index is 12.7. The number of halogens is 1. The fourth-order valence-corrected chi connectivity index (χ4v) is 4.34. The topological polar surface area (TPSA) is 59.8 Å². The monoisotopic (exact) mass is 545 g/mol. The number of carbonyl (C=O) groups excluding carboxylic acids is 2. The molecule has 2 heterocycles. The molecule has 1 aromatic heterocycles. The van der Waals surface area contributed by atoms with Crippen molar-refractivity contribution < 1.29 is 18.7 Å². The number of ether oxygens (including phenoxy) is 1. The summed E-state index contributed by atoms with van der Waals surface area (Å²) in [5, 5.41) is -0.301. The maximum Gasteiger partial charge on any atom is 0.293 e. The average molecular weight is 545 g/mol. The quantitative estimate of drug-likeness (QED) is 0.270. The molecule has 3 aromatic rings. The van der Waals surface area contributed by atoms with Crippen LogP contribution in [-0.4, -0.2) is 29.2 Å². The summed E-state index contributed by atoms with van der Waals surface area (Å²) < 4.78 is 12.8. The summed E-state index contributed by atoms with van der Waals surface area (Å²) in [7, 11) is 0. The van der Waals surface area contributed by atoms with Crippen molar-refractivity contribution in [3.05, 3.63) is 80.0 Å². The fraction of sp³-hybridized carbons (Fsp3) is 0.167. The smallest absolute Gasteiger partial charge is 0.293 e. The first-order valence-electron chi connectivity index (χ1n) is 9.72. The van der Waals surface area contributed by atoms with E-state index >= 15 is 0 Å². The molecule has 0 aliphatic carbocycles. The Balaban J connectivity index is 1.41. The van der Waals surface area contributed by atoms with Gasteiger partial charge in [-0.05, 0) is 89.7 Å². The lowest BCUT2D eigenvalue weighted by Crippen LogP contribution is -2.32. The van der Waals surface area contributed by atoms with Gasteiger partial charge in [0.15, 0.2) is 0 Å². The highest BCUT2D eigenvalue weighted by molar-refractivity contribution is 14.1. The number of imide groups is 1. The molecule has 0 spiro atoms. The number of rotatable bonds is 6. The molecule has 0 bridgehead atoms. The van der Waals surface area contributed by atoms with Gasteiger partial charge in [0.25, 0.3) is 11.1 Å². The lowest BCUT2D eigenvalue weighted by molar-refractivity contribution is -0.123. The minimum absolute atomic E-state index is 0.196. The molecule has 2 aromatic carbocycles. The summed E-state index contributed by atoms with van der Waals surface area (Å²) >= 11 is 3.17. The molecule has 0 atom stereocenters. The molecule has 5 nitrogen and oxygen atoms in total. The molecule has 2 amide bonds. The fourth-order valence-electron chi connectivity index (χ4n) is 3.13. The normalized spacial score (nSPS) is 15.2. The van der Waals surface area contributed by atoms with Gasteiger partial charge in [-0.2, -0.15) is 0 Å². The van der Waals surface area contributed by atoms with Crippen molar-refractivity contribution >= 4 is 51.6 Å². The van der Waals surface area contributed by atoms with Crippen LogP contribution in [0, 0.1) is 17.4 Å². The Morgan fingerprint density at radius 3 is 2.61 bits per heavy atom. The largest absolute Gasteiger partial charge is 0.491 e. The SMILES string of the molecule is Cc1ccc(C)c(OCCN2C(=O)S/C(=C\c3ccc(-c4ccc(I)cc4)o3)C2=O)c1. The molecule has 31 heavy (non-hydrogen) atoms. The van der Waals surface area contributed by atoms with Crippen LogP contribution in [0.15, 0.2) is 63.9 Å². The second-order valence-electron chi connectivity index (χ2n) is 7.16. The number of hydrogen-bond acceptors (Lipinski definition) is 5. The van der Waals surface area contributed by atoms with Crippen LogP contribution in [0.4, 0.5) is 4.79 Å². The van der Waals surface area contributed by atoms with E-state index in [1.807, 2.05) is 62.4 Å². The summed E-state index contributed by atoms with van der Waals surface area (Å²) in [6, 6.07) is 17.6. The number of nitrogens with zero attached hydrogens (tertiary/aromatic N) is 1. The molecule has 1 aliphatic rings.